The first kappa shape index (κ1) is 22.0. The molecule has 1 N–H and O–H groups in total. The molecule has 1 amide bonds. The second-order valence-corrected chi connectivity index (χ2v) is 6.66. The van der Waals surface area contributed by atoms with Gasteiger partial charge in [0.15, 0.2) is 12.4 Å². The topological polar surface area (TPSA) is 116 Å². The van der Waals surface area contributed by atoms with Gasteiger partial charge in [-0.25, -0.2) is 4.79 Å². The standard InChI is InChI=1S/C20H19ClN2O6/c1-3-12(2)22-18(24)11-29-20(26)15-7-5-4-6-14(15)19(25)13-8-9-16(21)17(10-13)23(27)28/h4-10,12H,3,11H2,1-2H3,(H,22,24)/t12-/m0/s1. The molecule has 0 aliphatic carbocycles. The molecule has 2 rings (SSSR count). The number of nitro benzene ring substituents is 1. The second kappa shape index (κ2) is 9.79. The van der Waals surface area contributed by atoms with E-state index in [4.69, 9.17) is 16.3 Å². The van der Waals surface area contributed by atoms with Crippen molar-refractivity contribution in [1.29, 1.82) is 0 Å². The largest absolute Gasteiger partial charge is 0.452 e. The number of esters is 1. The fourth-order valence-electron chi connectivity index (χ4n) is 2.44. The number of carbonyl (C=O) groups is 3. The molecule has 0 fully saturated rings. The Balaban J connectivity index is 2.23. The van der Waals surface area contributed by atoms with Gasteiger partial charge in [0.05, 0.1) is 10.5 Å². The molecule has 0 saturated heterocycles. The van der Waals surface area contributed by atoms with Gasteiger partial charge in [0.1, 0.15) is 5.02 Å². The number of nitro groups is 1. The van der Waals surface area contributed by atoms with E-state index in [0.29, 0.717) is 0 Å². The van der Waals surface area contributed by atoms with Gasteiger partial charge in [-0.15, -0.1) is 0 Å². The van der Waals surface area contributed by atoms with Crippen LogP contribution in [-0.2, 0) is 9.53 Å². The van der Waals surface area contributed by atoms with Crippen molar-refractivity contribution in [2.24, 2.45) is 0 Å². The van der Waals surface area contributed by atoms with Gasteiger partial charge in [-0.3, -0.25) is 19.7 Å². The van der Waals surface area contributed by atoms with E-state index in [9.17, 15) is 24.5 Å². The molecule has 9 heteroatoms. The second-order valence-electron chi connectivity index (χ2n) is 6.25. The van der Waals surface area contributed by atoms with Gasteiger partial charge < -0.3 is 10.1 Å². The fourth-order valence-corrected chi connectivity index (χ4v) is 2.62. The summed E-state index contributed by atoms with van der Waals surface area (Å²) in [7, 11) is 0. The summed E-state index contributed by atoms with van der Waals surface area (Å²) in [6.45, 7) is 3.23. The average molecular weight is 419 g/mol. The lowest BCUT2D eigenvalue weighted by Crippen LogP contribution is -2.35. The van der Waals surface area contributed by atoms with Crippen LogP contribution in [0.15, 0.2) is 42.5 Å². The highest BCUT2D eigenvalue weighted by Crippen LogP contribution is 2.27. The summed E-state index contributed by atoms with van der Waals surface area (Å²) < 4.78 is 5.01. The number of hydrogen-bond acceptors (Lipinski definition) is 6. The van der Waals surface area contributed by atoms with Crippen molar-refractivity contribution in [2.45, 2.75) is 26.3 Å². The number of carbonyl (C=O) groups excluding carboxylic acids is 3. The molecule has 0 aliphatic heterocycles. The molecule has 1 atom stereocenters. The highest BCUT2D eigenvalue weighted by molar-refractivity contribution is 6.33. The van der Waals surface area contributed by atoms with E-state index in [1.807, 2.05) is 13.8 Å². The van der Waals surface area contributed by atoms with E-state index in [-0.39, 0.29) is 27.8 Å². The van der Waals surface area contributed by atoms with Crippen molar-refractivity contribution in [1.82, 2.24) is 5.32 Å². The zero-order valence-corrected chi connectivity index (χ0v) is 16.6. The Hall–Kier alpha value is -3.26. The molecule has 152 valence electrons. The first-order valence-corrected chi connectivity index (χ1v) is 9.16. The van der Waals surface area contributed by atoms with Crippen LogP contribution in [0.2, 0.25) is 5.02 Å². The minimum atomic E-state index is -0.850. The lowest BCUT2D eigenvalue weighted by Gasteiger charge is -2.12. The maximum absolute atomic E-state index is 12.8. The molecular weight excluding hydrogens is 400 g/mol. The normalized spacial score (nSPS) is 11.4. The molecule has 0 spiro atoms. The van der Waals surface area contributed by atoms with E-state index in [2.05, 4.69) is 5.32 Å². The number of amides is 1. The first-order chi connectivity index (χ1) is 13.7. The van der Waals surface area contributed by atoms with Crippen LogP contribution in [0, 0.1) is 10.1 Å². The van der Waals surface area contributed by atoms with Crippen LogP contribution < -0.4 is 5.32 Å². The van der Waals surface area contributed by atoms with Crippen molar-refractivity contribution >= 4 is 34.9 Å². The summed E-state index contributed by atoms with van der Waals surface area (Å²) in [6, 6.07) is 9.43. The molecule has 0 saturated carbocycles. The number of nitrogens with one attached hydrogen (secondary N) is 1. The SMILES string of the molecule is CC[C@H](C)NC(=O)COC(=O)c1ccccc1C(=O)c1ccc(Cl)c([N+](=O)[O-])c1. The fraction of sp³-hybridized carbons (Fsp3) is 0.250. The van der Waals surface area contributed by atoms with Crippen LogP contribution in [0.1, 0.15) is 46.5 Å². The Bertz CT molecular complexity index is 960. The van der Waals surface area contributed by atoms with E-state index in [1.165, 1.54) is 30.3 Å². The molecular formula is C20H19ClN2O6. The molecule has 0 aromatic heterocycles. The van der Waals surface area contributed by atoms with Crippen molar-refractivity contribution < 1.29 is 24.0 Å². The Morgan fingerprint density at radius 2 is 1.83 bits per heavy atom. The van der Waals surface area contributed by atoms with Gasteiger partial charge in [0.2, 0.25) is 0 Å². The Morgan fingerprint density at radius 3 is 2.45 bits per heavy atom. The highest BCUT2D eigenvalue weighted by Gasteiger charge is 2.22. The third-order valence-electron chi connectivity index (χ3n) is 4.15. The summed E-state index contributed by atoms with van der Waals surface area (Å²) in [4.78, 5) is 47.4. The number of hydrogen-bond donors (Lipinski definition) is 1. The Morgan fingerprint density at radius 1 is 1.17 bits per heavy atom. The predicted octanol–water partition coefficient (Wildman–Crippen LogP) is 3.55. The zero-order chi connectivity index (χ0) is 21.6. The van der Waals surface area contributed by atoms with Crippen molar-refractivity contribution in [2.75, 3.05) is 6.61 Å². The molecule has 0 unspecified atom stereocenters. The minimum Gasteiger partial charge on any atom is -0.452 e. The number of ketones is 1. The lowest BCUT2D eigenvalue weighted by molar-refractivity contribution is -0.384. The number of halogens is 1. The summed E-state index contributed by atoms with van der Waals surface area (Å²) >= 11 is 5.78. The highest BCUT2D eigenvalue weighted by atomic mass is 35.5. The average Bonchev–Trinajstić information content (AvgIpc) is 2.71. The minimum absolute atomic E-state index is 0.00328. The van der Waals surface area contributed by atoms with Gasteiger partial charge in [-0.05, 0) is 31.5 Å². The maximum Gasteiger partial charge on any atom is 0.339 e. The molecule has 2 aromatic rings. The van der Waals surface area contributed by atoms with Gasteiger partial charge >= 0.3 is 5.97 Å². The predicted molar refractivity (Wildman–Crippen MR) is 106 cm³/mol. The quantitative estimate of drug-likeness (QED) is 0.303. The van der Waals surface area contributed by atoms with Gasteiger partial charge in [-0.1, -0.05) is 36.7 Å². The molecule has 0 heterocycles. The maximum atomic E-state index is 12.8. The molecule has 0 bridgehead atoms. The van der Waals surface area contributed by atoms with E-state index < -0.39 is 34.9 Å². The van der Waals surface area contributed by atoms with Crippen molar-refractivity contribution in [3.8, 4) is 0 Å². The smallest absolute Gasteiger partial charge is 0.339 e. The lowest BCUT2D eigenvalue weighted by atomic mass is 9.98. The zero-order valence-electron chi connectivity index (χ0n) is 15.8. The Kier molecular flexibility index (Phi) is 7.44. The number of rotatable bonds is 8. The number of nitrogens with zero attached hydrogens (tertiary/aromatic N) is 1. The molecule has 2 aromatic carbocycles. The number of ether oxygens (including phenoxy) is 1. The Labute approximate surface area is 172 Å². The molecule has 29 heavy (non-hydrogen) atoms. The molecule has 0 radical (unpaired) electrons. The molecule has 0 aliphatic rings. The van der Waals surface area contributed by atoms with Crippen molar-refractivity contribution in [3.05, 3.63) is 74.3 Å². The van der Waals surface area contributed by atoms with Crippen LogP contribution in [0.3, 0.4) is 0 Å². The van der Waals surface area contributed by atoms with Crippen molar-refractivity contribution in [3.63, 3.8) is 0 Å². The first-order valence-electron chi connectivity index (χ1n) is 8.78. The van der Waals surface area contributed by atoms with Gasteiger partial charge in [-0.2, -0.15) is 0 Å². The monoisotopic (exact) mass is 418 g/mol. The third kappa shape index (κ3) is 5.61. The summed E-state index contributed by atoms with van der Waals surface area (Å²) in [5.74, 6) is -1.91. The van der Waals surface area contributed by atoms with Gasteiger partial charge in [0.25, 0.3) is 11.6 Å². The number of benzene rings is 2. The van der Waals surface area contributed by atoms with Crippen LogP contribution in [0.4, 0.5) is 5.69 Å². The summed E-state index contributed by atoms with van der Waals surface area (Å²) in [5, 5.41) is 13.6. The van der Waals surface area contributed by atoms with Gasteiger partial charge in [0, 0.05) is 23.2 Å². The molecule has 8 nitrogen and oxygen atoms in total. The van der Waals surface area contributed by atoms with Crippen LogP contribution in [0.5, 0.6) is 0 Å². The summed E-state index contributed by atoms with van der Waals surface area (Å²) in [6.07, 6.45) is 0.726. The van der Waals surface area contributed by atoms with E-state index in [0.717, 1.165) is 12.5 Å². The van der Waals surface area contributed by atoms with Crippen LogP contribution in [0.25, 0.3) is 0 Å². The summed E-state index contributed by atoms with van der Waals surface area (Å²) in [5.41, 5.74) is -0.474. The van der Waals surface area contributed by atoms with E-state index in [1.54, 1.807) is 6.07 Å². The van der Waals surface area contributed by atoms with Crippen LogP contribution in [-0.4, -0.2) is 35.2 Å². The van der Waals surface area contributed by atoms with E-state index >= 15 is 0 Å². The third-order valence-corrected chi connectivity index (χ3v) is 4.47. The van der Waals surface area contributed by atoms with Crippen LogP contribution >= 0.6 is 11.6 Å².